The van der Waals surface area contributed by atoms with Gasteiger partial charge in [0.1, 0.15) is 11.9 Å². The lowest BCUT2D eigenvalue weighted by Crippen LogP contribution is -2.28. The molecule has 0 saturated carbocycles. The predicted octanol–water partition coefficient (Wildman–Crippen LogP) is 5.65. The Morgan fingerprint density at radius 2 is 2.24 bits per heavy atom. The van der Waals surface area contributed by atoms with Gasteiger partial charge in [-0.15, -0.1) is 11.3 Å². The van der Waals surface area contributed by atoms with Gasteiger partial charge in [0, 0.05) is 37.3 Å². The van der Waals surface area contributed by atoms with Gasteiger partial charge in [-0.25, -0.2) is 0 Å². The van der Waals surface area contributed by atoms with E-state index in [1.165, 1.54) is 9.75 Å². The number of hydrogen-bond acceptors (Lipinski definition) is 3. The molecule has 0 fully saturated rings. The average molecular weight is 387 g/mol. The number of benzene rings is 1. The van der Waals surface area contributed by atoms with Gasteiger partial charge in [0.15, 0.2) is 0 Å². The first-order valence-corrected chi connectivity index (χ1v) is 9.02. The SMILES string of the molecule is CCNC1CC(c2cc(Br)c(C)s2)Oc2ccc(Cl)cc21. The van der Waals surface area contributed by atoms with E-state index in [0.717, 1.165) is 33.8 Å². The zero-order valence-corrected chi connectivity index (χ0v) is 15.1. The summed E-state index contributed by atoms with van der Waals surface area (Å²) in [6, 6.07) is 8.33. The molecule has 1 aliphatic rings. The van der Waals surface area contributed by atoms with Gasteiger partial charge in [-0.1, -0.05) is 18.5 Å². The Morgan fingerprint density at radius 1 is 1.43 bits per heavy atom. The maximum absolute atomic E-state index is 6.21. The fourth-order valence-electron chi connectivity index (χ4n) is 2.70. The Kier molecular flexibility index (Phi) is 4.60. The molecule has 0 aliphatic carbocycles. The highest BCUT2D eigenvalue weighted by Crippen LogP contribution is 2.44. The number of ether oxygens (including phenoxy) is 1. The fraction of sp³-hybridized carbons (Fsp3) is 0.375. The number of rotatable bonds is 3. The van der Waals surface area contributed by atoms with Gasteiger partial charge in [-0.2, -0.15) is 0 Å². The Morgan fingerprint density at radius 3 is 2.90 bits per heavy atom. The standard InChI is InChI=1S/C16H17BrClNOS/c1-3-19-13-8-15(16-7-12(17)9(2)21-16)20-14-5-4-10(18)6-11(13)14/h4-7,13,15,19H,3,8H2,1-2H3. The van der Waals surface area contributed by atoms with Crippen LogP contribution in [0.5, 0.6) is 5.75 Å². The quantitative estimate of drug-likeness (QED) is 0.736. The van der Waals surface area contributed by atoms with Crippen molar-refractivity contribution in [2.75, 3.05) is 6.54 Å². The number of thiophene rings is 1. The second-order valence-corrected chi connectivity index (χ2v) is 7.77. The highest BCUT2D eigenvalue weighted by molar-refractivity contribution is 9.10. The van der Waals surface area contributed by atoms with Crippen molar-refractivity contribution in [2.24, 2.45) is 0 Å². The average Bonchev–Trinajstić information content (AvgIpc) is 2.79. The van der Waals surface area contributed by atoms with Crippen LogP contribution in [0.2, 0.25) is 5.02 Å². The van der Waals surface area contributed by atoms with Gasteiger partial charge in [-0.05, 0) is 53.7 Å². The lowest BCUT2D eigenvalue weighted by Gasteiger charge is -2.32. The normalized spacial score (nSPS) is 21.0. The van der Waals surface area contributed by atoms with E-state index >= 15 is 0 Å². The number of halogens is 2. The van der Waals surface area contributed by atoms with Crippen LogP contribution in [0.25, 0.3) is 0 Å². The third-order valence-corrected chi connectivity index (χ3v) is 6.17. The van der Waals surface area contributed by atoms with Crippen molar-refractivity contribution in [1.82, 2.24) is 5.32 Å². The summed E-state index contributed by atoms with van der Waals surface area (Å²) in [5.41, 5.74) is 1.16. The summed E-state index contributed by atoms with van der Waals surface area (Å²) in [5.74, 6) is 0.934. The molecule has 3 rings (SSSR count). The van der Waals surface area contributed by atoms with E-state index < -0.39 is 0 Å². The van der Waals surface area contributed by atoms with Crippen molar-refractivity contribution in [3.8, 4) is 5.75 Å². The molecule has 1 aromatic heterocycles. The van der Waals surface area contributed by atoms with Crippen molar-refractivity contribution in [3.63, 3.8) is 0 Å². The van der Waals surface area contributed by atoms with Crippen LogP contribution in [0.15, 0.2) is 28.7 Å². The van der Waals surface area contributed by atoms with Crippen LogP contribution < -0.4 is 10.1 Å². The lowest BCUT2D eigenvalue weighted by atomic mass is 9.95. The molecule has 0 saturated heterocycles. The smallest absolute Gasteiger partial charge is 0.135 e. The summed E-state index contributed by atoms with van der Waals surface area (Å²) in [6.45, 7) is 5.17. The summed E-state index contributed by atoms with van der Waals surface area (Å²) >= 11 is 11.5. The van der Waals surface area contributed by atoms with Crippen LogP contribution in [-0.2, 0) is 0 Å². The minimum absolute atomic E-state index is 0.0951. The van der Waals surface area contributed by atoms with Crippen molar-refractivity contribution in [1.29, 1.82) is 0 Å². The van der Waals surface area contributed by atoms with E-state index in [1.807, 2.05) is 18.2 Å². The van der Waals surface area contributed by atoms with Crippen molar-refractivity contribution < 1.29 is 4.74 Å². The van der Waals surface area contributed by atoms with Gasteiger partial charge < -0.3 is 10.1 Å². The molecule has 112 valence electrons. The summed E-state index contributed by atoms with van der Waals surface area (Å²) in [4.78, 5) is 2.55. The van der Waals surface area contributed by atoms with Gasteiger partial charge in [0.25, 0.3) is 0 Å². The molecule has 2 heterocycles. The second-order valence-electron chi connectivity index (χ2n) is 5.19. The molecule has 2 nitrogen and oxygen atoms in total. The summed E-state index contributed by atoms with van der Waals surface area (Å²) in [6.07, 6.45) is 1.02. The van der Waals surface area contributed by atoms with E-state index in [0.29, 0.717) is 0 Å². The van der Waals surface area contributed by atoms with E-state index in [4.69, 9.17) is 16.3 Å². The van der Waals surface area contributed by atoms with Crippen molar-refractivity contribution >= 4 is 38.9 Å². The monoisotopic (exact) mass is 385 g/mol. The van der Waals surface area contributed by atoms with Crippen LogP contribution in [-0.4, -0.2) is 6.54 Å². The predicted molar refractivity (Wildman–Crippen MR) is 92.6 cm³/mol. The molecule has 1 N–H and O–H groups in total. The topological polar surface area (TPSA) is 21.3 Å². The maximum atomic E-state index is 6.21. The van der Waals surface area contributed by atoms with Gasteiger partial charge in [0.2, 0.25) is 0 Å². The second kappa shape index (κ2) is 6.29. The molecule has 2 unspecified atom stereocenters. The van der Waals surface area contributed by atoms with Gasteiger partial charge >= 0.3 is 0 Å². The molecule has 2 aromatic rings. The largest absolute Gasteiger partial charge is 0.484 e. The molecular weight excluding hydrogens is 370 g/mol. The minimum Gasteiger partial charge on any atom is -0.484 e. The first kappa shape index (κ1) is 15.3. The molecule has 0 radical (unpaired) electrons. The van der Waals surface area contributed by atoms with E-state index in [9.17, 15) is 0 Å². The third-order valence-electron chi connectivity index (χ3n) is 3.71. The molecule has 21 heavy (non-hydrogen) atoms. The maximum Gasteiger partial charge on any atom is 0.135 e. The van der Waals surface area contributed by atoms with Crippen LogP contribution in [0.3, 0.4) is 0 Å². The zero-order chi connectivity index (χ0) is 15.0. The Bertz CT molecular complexity index is 638. The molecule has 0 spiro atoms. The van der Waals surface area contributed by atoms with E-state index in [2.05, 4.69) is 41.2 Å². The first-order valence-electron chi connectivity index (χ1n) is 7.03. The molecule has 5 heteroatoms. The molecule has 2 atom stereocenters. The van der Waals surface area contributed by atoms with Gasteiger partial charge in [0.05, 0.1) is 0 Å². The number of nitrogens with one attached hydrogen (secondary N) is 1. The highest BCUT2D eigenvalue weighted by Gasteiger charge is 2.30. The molecule has 1 aliphatic heterocycles. The highest BCUT2D eigenvalue weighted by atomic mass is 79.9. The fourth-order valence-corrected chi connectivity index (χ4v) is 4.48. The number of aryl methyl sites for hydroxylation is 1. The summed E-state index contributed by atoms with van der Waals surface area (Å²) < 4.78 is 7.37. The third kappa shape index (κ3) is 3.14. The Hall–Kier alpha value is -0.550. The van der Waals surface area contributed by atoms with E-state index in [1.54, 1.807) is 11.3 Å². The van der Waals surface area contributed by atoms with Crippen LogP contribution in [0.1, 0.15) is 40.8 Å². The van der Waals surface area contributed by atoms with Crippen molar-refractivity contribution in [3.05, 3.63) is 49.1 Å². The Balaban J connectivity index is 1.95. The zero-order valence-electron chi connectivity index (χ0n) is 12.0. The summed E-state index contributed by atoms with van der Waals surface area (Å²) in [7, 11) is 0. The molecule has 0 amide bonds. The summed E-state index contributed by atoms with van der Waals surface area (Å²) in [5, 5.41) is 4.30. The number of hydrogen-bond donors (Lipinski definition) is 1. The van der Waals surface area contributed by atoms with E-state index in [-0.39, 0.29) is 12.1 Å². The van der Waals surface area contributed by atoms with Crippen LogP contribution in [0.4, 0.5) is 0 Å². The Labute approximate surface area is 142 Å². The van der Waals surface area contributed by atoms with Crippen molar-refractivity contribution in [2.45, 2.75) is 32.4 Å². The molecular formula is C16H17BrClNOS. The van der Waals surface area contributed by atoms with Crippen LogP contribution >= 0.6 is 38.9 Å². The first-order chi connectivity index (χ1) is 10.1. The molecule has 0 bridgehead atoms. The van der Waals surface area contributed by atoms with Crippen LogP contribution in [0, 0.1) is 6.92 Å². The minimum atomic E-state index is 0.0951. The van der Waals surface area contributed by atoms with Gasteiger partial charge in [-0.3, -0.25) is 0 Å². The molecule has 1 aromatic carbocycles. The number of fused-ring (bicyclic) bond motifs is 1. The lowest BCUT2D eigenvalue weighted by molar-refractivity contribution is 0.155.